The van der Waals surface area contributed by atoms with E-state index >= 15 is 0 Å². The predicted octanol–water partition coefficient (Wildman–Crippen LogP) is 4.93. The fraction of sp³-hybridized carbons (Fsp3) is 0.360. The molecule has 0 radical (unpaired) electrons. The number of benzene rings is 2. The van der Waals surface area contributed by atoms with Crippen molar-refractivity contribution >= 4 is 16.8 Å². The van der Waals surface area contributed by atoms with Crippen LogP contribution in [0.15, 0.2) is 60.8 Å². The van der Waals surface area contributed by atoms with Gasteiger partial charge in [-0.05, 0) is 66.7 Å². The summed E-state index contributed by atoms with van der Waals surface area (Å²) >= 11 is 0. The minimum absolute atomic E-state index is 0.258. The van der Waals surface area contributed by atoms with E-state index < -0.39 is 0 Å². The third-order valence-corrected chi connectivity index (χ3v) is 6.87. The zero-order valence-corrected chi connectivity index (χ0v) is 16.6. The number of amides is 1. The van der Waals surface area contributed by atoms with E-state index in [4.69, 9.17) is 10.5 Å². The predicted molar refractivity (Wildman–Crippen MR) is 114 cm³/mol. The molecule has 0 aliphatic heterocycles. The lowest BCUT2D eigenvalue weighted by Crippen LogP contribution is -2.20. The maximum atomic E-state index is 11.9. The average molecular weight is 386 g/mol. The second-order valence-electron chi connectivity index (χ2n) is 8.45. The van der Waals surface area contributed by atoms with Gasteiger partial charge in [-0.1, -0.05) is 43.3 Å². The summed E-state index contributed by atoms with van der Waals surface area (Å²) in [7, 11) is 0. The number of pyridine rings is 1. The normalized spacial score (nSPS) is 24.2. The highest BCUT2D eigenvalue weighted by Gasteiger charge is 2.59. The summed E-state index contributed by atoms with van der Waals surface area (Å²) in [5, 5.41) is 1.11. The first-order valence-electron chi connectivity index (χ1n) is 10.6. The van der Waals surface area contributed by atoms with Crippen LogP contribution in [0.3, 0.4) is 0 Å². The van der Waals surface area contributed by atoms with E-state index in [0.29, 0.717) is 29.2 Å². The first kappa shape index (κ1) is 18.2. The lowest BCUT2D eigenvalue weighted by Gasteiger charge is -2.23. The molecule has 1 heterocycles. The van der Waals surface area contributed by atoms with Crippen molar-refractivity contribution in [3.8, 4) is 5.75 Å². The van der Waals surface area contributed by atoms with Crippen molar-refractivity contribution in [2.45, 2.75) is 38.2 Å². The van der Waals surface area contributed by atoms with Crippen LogP contribution in [-0.4, -0.2) is 17.0 Å². The van der Waals surface area contributed by atoms with Gasteiger partial charge >= 0.3 is 0 Å². The van der Waals surface area contributed by atoms with E-state index in [0.717, 1.165) is 41.5 Å². The minimum Gasteiger partial charge on any atom is -0.489 e. The molecule has 0 spiro atoms. The quantitative estimate of drug-likeness (QED) is 0.653. The van der Waals surface area contributed by atoms with Gasteiger partial charge in [-0.15, -0.1) is 0 Å². The summed E-state index contributed by atoms with van der Waals surface area (Å²) in [6.07, 6.45) is 5.28. The smallest absolute Gasteiger partial charge is 0.248 e. The van der Waals surface area contributed by atoms with Crippen LogP contribution in [0.4, 0.5) is 0 Å². The van der Waals surface area contributed by atoms with Crippen LogP contribution >= 0.6 is 0 Å². The molecule has 3 aromatic rings. The molecule has 2 aromatic carbocycles. The maximum Gasteiger partial charge on any atom is 0.248 e. The highest BCUT2D eigenvalue weighted by atomic mass is 16.5. The third-order valence-electron chi connectivity index (χ3n) is 6.87. The van der Waals surface area contributed by atoms with E-state index in [1.807, 2.05) is 42.6 Å². The number of hydrogen-bond acceptors (Lipinski definition) is 3. The SMILES string of the molecule is CC[C@H](c1ccccc1C(N)=O)C1[C@H]2CC(Oc3cnc4ccccc4c3)C[C@H]12. The third kappa shape index (κ3) is 3.27. The zero-order valence-electron chi connectivity index (χ0n) is 16.6. The van der Waals surface area contributed by atoms with Gasteiger partial charge in [-0.25, -0.2) is 0 Å². The molecule has 0 saturated heterocycles. The fourth-order valence-corrected chi connectivity index (χ4v) is 5.59. The number of hydrogen-bond donors (Lipinski definition) is 1. The number of para-hydroxylation sites is 1. The van der Waals surface area contributed by atoms with Crippen LogP contribution in [0.2, 0.25) is 0 Å². The molecule has 2 saturated carbocycles. The highest BCUT2D eigenvalue weighted by Crippen LogP contribution is 2.64. The Labute approximate surface area is 171 Å². The van der Waals surface area contributed by atoms with E-state index in [1.165, 1.54) is 0 Å². The summed E-state index contributed by atoms with van der Waals surface area (Å²) < 4.78 is 6.28. The van der Waals surface area contributed by atoms with Crippen molar-refractivity contribution in [2.75, 3.05) is 0 Å². The highest BCUT2D eigenvalue weighted by molar-refractivity contribution is 5.94. The second-order valence-corrected chi connectivity index (χ2v) is 8.45. The van der Waals surface area contributed by atoms with Crippen molar-refractivity contribution in [3.63, 3.8) is 0 Å². The molecule has 3 atom stereocenters. The monoisotopic (exact) mass is 386 g/mol. The molecule has 4 nitrogen and oxygen atoms in total. The van der Waals surface area contributed by atoms with Crippen LogP contribution in [0, 0.1) is 17.8 Å². The molecular weight excluding hydrogens is 360 g/mol. The van der Waals surface area contributed by atoms with Gasteiger partial charge in [0.2, 0.25) is 5.91 Å². The lowest BCUT2D eigenvalue weighted by molar-refractivity contribution is 0.0998. The fourth-order valence-electron chi connectivity index (χ4n) is 5.59. The van der Waals surface area contributed by atoms with Crippen molar-refractivity contribution in [1.29, 1.82) is 0 Å². The standard InChI is InChI=1S/C25H26N2O2/c1-2-18(19-8-4-5-9-20(19)25(26)28)24-21-12-16(13-22(21)24)29-17-11-15-7-3-6-10-23(15)27-14-17/h3-11,14,16,18,21-22,24H,2,12-13H2,1H3,(H2,26,28)/t16?,18-,21+,22+,24?/m1/s1. The van der Waals surface area contributed by atoms with Gasteiger partial charge in [0, 0.05) is 10.9 Å². The summed E-state index contributed by atoms with van der Waals surface area (Å²) in [6.45, 7) is 2.21. The lowest BCUT2D eigenvalue weighted by atomic mass is 9.84. The second kappa shape index (κ2) is 7.18. The van der Waals surface area contributed by atoms with E-state index in [-0.39, 0.29) is 12.0 Å². The Bertz CT molecular complexity index is 1050. The molecule has 2 fully saturated rings. The first-order valence-corrected chi connectivity index (χ1v) is 10.6. The van der Waals surface area contributed by atoms with Gasteiger partial charge in [0.05, 0.1) is 17.8 Å². The van der Waals surface area contributed by atoms with Crippen molar-refractivity contribution < 1.29 is 9.53 Å². The molecular formula is C25H26N2O2. The number of carbonyl (C=O) groups excluding carboxylic acids is 1. The molecule has 5 rings (SSSR count). The van der Waals surface area contributed by atoms with Crippen molar-refractivity contribution in [1.82, 2.24) is 4.98 Å². The largest absolute Gasteiger partial charge is 0.489 e. The van der Waals surface area contributed by atoms with Crippen LogP contribution in [0.25, 0.3) is 10.9 Å². The number of rotatable bonds is 6. The van der Waals surface area contributed by atoms with Crippen LogP contribution in [-0.2, 0) is 0 Å². The number of carbonyl (C=O) groups is 1. The topological polar surface area (TPSA) is 65.2 Å². The number of ether oxygens (including phenoxy) is 1. The molecule has 2 aliphatic rings. The summed E-state index contributed by atoms with van der Waals surface area (Å²) in [5.74, 6) is 2.93. The zero-order chi connectivity index (χ0) is 20.0. The first-order chi connectivity index (χ1) is 14.2. The van der Waals surface area contributed by atoms with Gasteiger partial charge in [-0.3, -0.25) is 9.78 Å². The molecule has 148 valence electrons. The molecule has 0 bridgehead atoms. The van der Waals surface area contributed by atoms with E-state index in [2.05, 4.69) is 30.1 Å². The van der Waals surface area contributed by atoms with Crippen LogP contribution in [0.5, 0.6) is 5.75 Å². The van der Waals surface area contributed by atoms with Gasteiger partial charge in [0.25, 0.3) is 0 Å². The molecule has 1 aromatic heterocycles. The van der Waals surface area contributed by atoms with E-state index in [9.17, 15) is 4.79 Å². The Hall–Kier alpha value is -2.88. The minimum atomic E-state index is -0.324. The van der Waals surface area contributed by atoms with Gasteiger partial charge in [0.1, 0.15) is 5.75 Å². The van der Waals surface area contributed by atoms with Gasteiger partial charge in [-0.2, -0.15) is 0 Å². The molecule has 0 unspecified atom stereocenters. The molecule has 2 N–H and O–H groups in total. The van der Waals surface area contributed by atoms with Gasteiger partial charge in [0.15, 0.2) is 0 Å². The maximum absolute atomic E-state index is 11.9. The Balaban J connectivity index is 1.27. The summed E-state index contributed by atoms with van der Waals surface area (Å²) in [4.78, 5) is 16.4. The number of nitrogens with zero attached hydrogens (tertiary/aromatic N) is 1. The molecule has 2 aliphatic carbocycles. The Morgan fingerprint density at radius 1 is 1.14 bits per heavy atom. The number of aromatic nitrogens is 1. The Kier molecular flexibility index (Phi) is 4.50. The number of primary amides is 1. The molecule has 1 amide bonds. The Morgan fingerprint density at radius 3 is 2.62 bits per heavy atom. The molecule has 29 heavy (non-hydrogen) atoms. The van der Waals surface area contributed by atoms with Gasteiger partial charge < -0.3 is 10.5 Å². The van der Waals surface area contributed by atoms with Crippen molar-refractivity contribution in [2.24, 2.45) is 23.5 Å². The van der Waals surface area contributed by atoms with Crippen LogP contribution in [0.1, 0.15) is 48.0 Å². The number of nitrogens with two attached hydrogens (primary N) is 1. The van der Waals surface area contributed by atoms with Crippen molar-refractivity contribution in [3.05, 3.63) is 71.9 Å². The average Bonchev–Trinajstić information content (AvgIpc) is 3.21. The Morgan fingerprint density at radius 2 is 1.86 bits per heavy atom. The summed E-state index contributed by atoms with van der Waals surface area (Å²) in [5.41, 5.74) is 8.42. The molecule has 4 heteroatoms. The number of fused-ring (bicyclic) bond motifs is 2. The van der Waals surface area contributed by atoms with Crippen LogP contribution < -0.4 is 10.5 Å². The van der Waals surface area contributed by atoms with E-state index in [1.54, 1.807) is 0 Å². The summed E-state index contributed by atoms with van der Waals surface area (Å²) in [6, 6.07) is 18.0.